The molecule has 2 aromatic rings. The summed E-state index contributed by atoms with van der Waals surface area (Å²) in [5.74, 6) is -1.11. The van der Waals surface area contributed by atoms with Gasteiger partial charge in [0.25, 0.3) is 0 Å². The van der Waals surface area contributed by atoms with Crippen molar-refractivity contribution < 1.29 is 26.4 Å². The molecule has 1 saturated heterocycles. The third kappa shape index (κ3) is 4.17. The first kappa shape index (κ1) is 22.4. The van der Waals surface area contributed by atoms with E-state index in [4.69, 9.17) is 0 Å². The minimum absolute atomic E-state index is 0.168. The Morgan fingerprint density at radius 2 is 1.64 bits per heavy atom. The highest BCUT2D eigenvalue weighted by Crippen LogP contribution is 2.51. The molecule has 1 saturated carbocycles. The average molecular weight is 479 g/mol. The summed E-state index contributed by atoms with van der Waals surface area (Å²) in [6, 6.07) is 10.7. The highest BCUT2D eigenvalue weighted by molar-refractivity contribution is 7.89. The van der Waals surface area contributed by atoms with E-state index in [9.17, 15) is 26.4 Å². The molecule has 2 atom stereocenters. The fraction of sp³-hybridized carbons (Fsp3) is 0.458. The number of hydrogen-bond acceptors (Lipinski definition) is 3. The number of hydrogen-bond donors (Lipinski definition) is 0. The van der Waals surface area contributed by atoms with Crippen LogP contribution in [0.25, 0.3) is 0 Å². The Kier molecular flexibility index (Phi) is 5.52. The second kappa shape index (κ2) is 8.13. The molecule has 2 fully saturated rings. The molecule has 0 radical (unpaired) electrons. The van der Waals surface area contributed by atoms with Crippen molar-refractivity contribution >= 4 is 15.9 Å². The third-order valence-electron chi connectivity index (χ3n) is 7.03. The summed E-state index contributed by atoms with van der Waals surface area (Å²) >= 11 is 0. The molecule has 176 valence electrons. The summed E-state index contributed by atoms with van der Waals surface area (Å²) < 4.78 is 67.6. The maximum Gasteiger partial charge on any atom is 0.416 e. The van der Waals surface area contributed by atoms with Crippen LogP contribution in [0.5, 0.6) is 0 Å². The molecule has 5 rings (SSSR count). The summed E-state index contributed by atoms with van der Waals surface area (Å²) in [7, 11) is -3.64. The first-order chi connectivity index (χ1) is 15.7. The number of piperazine rings is 1. The summed E-state index contributed by atoms with van der Waals surface area (Å²) in [4.78, 5) is 14.8. The van der Waals surface area contributed by atoms with Crippen molar-refractivity contribution in [2.45, 2.75) is 42.7 Å². The predicted molar refractivity (Wildman–Crippen MR) is 116 cm³/mol. The highest BCUT2D eigenvalue weighted by atomic mass is 32.2. The van der Waals surface area contributed by atoms with Gasteiger partial charge in [0.15, 0.2) is 0 Å². The van der Waals surface area contributed by atoms with Gasteiger partial charge in [0, 0.05) is 32.1 Å². The van der Waals surface area contributed by atoms with Gasteiger partial charge in [0.2, 0.25) is 15.9 Å². The smallest absolute Gasteiger partial charge is 0.340 e. The van der Waals surface area contributed by atoms with E-state index in [2.05, 4.69) is 0 Å². The van der Waals surface area contributed by atoms with Gasteiger partial charge < -0.3 is 4.90 Å². The van der Waals surface area contributed by atoms with E-state index in [1.165, 1.54) is 22.0 Å². The summed E-state index contributed by atoms with van der Waals surface area (Å²) in [5.41, 5.74) is 1.77. The van der Waals surface area contributed by atoms with Crippen molar-refractivity contribution in [3.8, 4) is 0 Å². The number of carbonyl (C=O) groups is 1. The highest BCUT2D eigenvalue weighted by Gasteiger charge is 2.49. The molecule has 5 nitrogen and oxygen atoms in total. The normalized spacial score (nSPS) is 23.4. The molecule has 3 aliphatic rings. The van der Waals surface area contributed by atoms with Gasteiger partial charge in [0.1, 0.15) is 0 Å². The van der Waals surface area contributed by atoms with Crippen LogP contribution >= 0.6 is 0 Å². The van der Waals surface area contributed by atoms with Crippen molar-refractivity contribution in [3.05, 3.63) is 64.7 Å². The van der Waals surface area contributed by atoms with Crippen molar-refractivity contribution in [1.29, 1.82) is 0 Å². The lowest BCUT2D eigenvalue weighted by Crippen LogP contribution is -2.51. The number of rotatable bonds is 4. The van der Waals surface area contributed by atoms with Crippen molar-refractivity contribution in [1.82, 2.24) is 9.21 Å². The van der Waals surface area contributed by atoms with Crippen molar-refractivity contribution in [2.75, 3.05) is 26.2 Å². The average Bonchev–Trinajstić information content (AvgIpc) is 3.46. The molecule has 0 spiro atoms. The van der Waals surface area contributed by atoms with Crippen LogP contribution < -0.4 is 0 Å². The van der Waals surface area contributed by atoms with E-state index in [0.717, 1.165) is 30.9 Å². The minimum atomic E-state index is -4.45. The lowest BCUT2D eigenvalue weighted by molar-refractivity contribution is -0.139. The van der Waals surface area contributed by atoms with Crippen LogP contribution in [-0.4, -0.2) is 49.7 Å². The lowest BCUT2D eigenvalue weighted by atomic mass is 10.0. The number of halogens is 3. The van der Waals surface area contributed by atoms with Gasteiger partial charge in [-0.3, -0.25) is 4.79 Å². The van der Waals surface area contributed by atoms with Crippen LogP contribution in [0, 0.1) is 5.92 Å². The maximum atomic E-state index is 13.3. The monoisotopic (exact) mass is 478 g/mol. The summed E-state index contributed by atoms with van der Waals surface area (Å²) in [6.07, 6.45) is -1.16. The zero-order valence-corrected chi connectivity index (χ0v) is 18.8. The molecule has 1 heterocycles. The number of nitrogens with zero attached hydrogens (tertiary/aromatic N) is 2. The van der Waals surface area contributed by atoms with Gasteiger partial charge in [-0.25, -0.2) is 8.42 Å². The molecular formula is C24H25F3N2O3S. The fourth-order valence-corrected chi connectivity index (χ4v) is 6.60. The number of sulfonamides is 1. The Hall–Kier alpha value is -2.39. The van der Waals surface area contributed by atoms with E-state index >= 15 is 0 Å². The molecule has 0 N–H and O–H groups in total. The molecule has 2 unspecified atom stereocenters. The summed E-state index contributed by atoms with van der Waals surface area (Å²) in [6.45, 7) is 0.851. The van der Waals surface area contributed by atoms with Gasteiger partial charge >= 0.3 is 6.18 Å². The van der Waals surface area contributed by atoms with Gasteiger partial charge in [-0.2, -0.15) is 17.5 Å². The second-order valence-corrected chi connectivity index (χ2v) is 11.0. The SMILES string of the molecule is O=C(C1CC1c1ccccc1C(F)(F)F)N1CCN(S(=O)(=O)c2ccc3c(c2)CCC3)CC1. The molecule has 2 aromatic carbocycles. The number of fused-ring (bicyclic) bond motifs is 1. The maximum absolute atomic E-state index is 13.3. The quantitative estimate of drug-likeness (QED) is 0.671. The van der Waals surface area contributed by atoms with E-state index in [1.54, 1.807) is 23.1 Å². The van der Waals surface area contributed by atoms with Gasteiger partial charge in [-0.05, 0) is 66.5 Å². The Morgan fingerprint density at radius 1 is 0.939 bits per heavy atom. The van der Waals surface area contributed by atoms with Crippen molar-refractivity contribution in [2.24, 2.45) is 5.92 Å². The van der Waals surface area contributed by atoms with Crippen LogP contribution in [0.15, 0.2) is 47.4 Å². The molecule has 0 bridgehead atoms. The van der Waals surface area contributed by atoms with Gasteiger partial charge in [0.05, 0.1) is 10.5 Å². The van der Waals surface area contributed by atoms with Crippen LogP contribution in [0.1, 0.15) is 41.0 Å². The number of amides is 1. The van der Waals surface area contributed by atoms with Crippen LogP contribution in [-0.2, 0) is 33.8 Å². The molecular weight excluding hydrogens is 453 g/mol. The van der Waals surface area contributed by atoms with Crippen LogP contribution in [0.4, 0.5) is 13.2 Å². The van der Waals surface area contributed by atoms with E-state index in [-0.39, 0.29) is 42.5 Å². The molecule has 9 heteroatoms. The molecule has 0 aromatic heterocycles. The standard InChI is InChI=1S/C24H25F3N2O3S/c25-24(26,27)22-7-2-1-6-19(22)20-15-21(20)23(30)28-10-12-29(13-11-28)33(31,32)18-9-8-16-4-3-5-17(16)14-18/h1-2,6-9,14,20-21H,3-5,10-13,15H2. The second-order valence-electron chi connectivity index (χ2n) is 9.05. The molecule has 1 amide bonds. The lowest BCUT2D eigenvalue weighted by Gasteiger charge is -2.34. The largest absolute Gasteiger partial charge is 0.416 e. The minimum Gasteiger partial charge on any atom is -0.340 e. The van der Waals surface area contributed by atoms with E-state index in [0.29, 0.717) is 6.42 Å². The Bertz CT molecular complexity index is 1190. The van der Waals surface area contributed by atoms with Gasteiger partial charge in [-0.1, -0.05) is 24.3 Å². The Morgan fingerprint density at radius 3 is 2.36 bits per heavy atom. The molecule has 33 heavy (non-hydrogen) atoms. The number of alkyl halides is 3. The Balaban J connectivity index is 1.23. The molecule has 2 aliphatic carbocycles. The van der Waals surface area contributed by atoms with Crippen molar-refractivity contribution in [3.63, 3.8) is 0 Å². The van der Waals surface area contributed by atoms with E-state index < -0.39 is 33.6 Å². The van der Waals surface area contributed by atoms with E-state index in [1.807, 2.05) is 6.07 Å². The first-order valence-corrected chi connectivity index (χ1v) is 12.7. The predicted octanol–water partition coefficient (Wildman–Crippen LogP) is 3.83. The van der Waals surface area contributed by atoms with Crippen LogP contribution in [0.2, 0.25) is 0 Å². The first-order valence-electron chi connectivity index (χ1n) is 11.2. The van der Waals surface area contributed by atoms with Crippen LogP contribution in [0.3, 0.4) is 0 Å². The summed E-state index contributed by atoms with van der Waals surface area (Å²) in [5, 5.41) is 0. The number of aryl methyl sites for hydroxylation is 2. The van der Waals surface area contributed by atoms with Gasteiger partial charge in [-0.15, -0.1) is 0 Å². The third-order valence-corrected chi connectivity index (χ3v) is 8.93. The zero-order chi connectivity index (χ0) is 23.4. The Labute approximate surface area is 191 Å². The molecule has 1 aliphatic heterocycles. The topological polar surface area (TPSA) is 57.7 Å². The zero-order valence-electron chi connectivity index (χ0n) is 18.0. The fourth-order valence-electron chi connectivity index (χ4n) is 5.13. The number of carbonyl (C=O) groups excluding carboxylic acids is 1. The number of benzene rings is 2.